The third-order valence-electron chi connectivity index (χ3n) is 6.49. The van der Waals surface area contributed by atoms with Gasteiger partial charge in [-0.15, -0.1) is 0 Å². The van der Waals surface area contributed by atoms with Gasteiger partial charge < -0.3 is 11.5 Å². The van der Waals surface area contributed by atoms with Gasteiger partial charge in [-0.3, -0.25) is 0 Å². The summed E-state index contributed by atoms with van der Waals surface area (Å²) in [6.45, 7) is 8.70. The maximum atomic E-state index is 6.79. The number of aryl methyl sites for hydroxylation is 4. The van der Waals surface area contributed by atoms with Crippen LogP contribution in [0.25, 0.3) is 43.4 Å². The van der Waals surface area contributed by atoms with Crippen LogP contribution in [0.1, 0.15) is 22.3 Å². The van der Waals surface area contributed by atoms with Crippen molar-refractivity contribution < 1.29 is 0 Å². The normalized spacial score (nSPS) is 11.9. The van der Waals surface area contributed by atoms with Crippen LogP contribution in [0, 0.1) is 27.7 Å². The molecular formula is C26H24N2. The molecule has 0 aliphatic rings. The van der Waals surface area contributed by atoms with Gasteiger partial charge >= 0.3 is 0 Å². The van der Waals surface area contributed by atoms with E-state index in [1.54, 1.807) is 0 Å². The van der Waals surface area contributed by atoms with Crippen LogP contribution in [-0.4, -0.2) is 0 Å². The fourth-order valence-corrected chi connectivity index (χ4v) is 4.99. The first-order valence-corrected chi connectivity index (χ1v) is 9.73. The molecule has 2 heteroatoms. The molecule has 0 bridgehead atoms. The molecule has 0 radical (unpaired) electrons. The maximum Gasteiger partial charge on any atom is 0.0476 e. The molecule has 0 fully saturated rings. The molecule has 2 nitrogen and oxygen atoms in total. The second-order valence-corrected chi connectivity index (χ2v) is 7.97. The molecule has 0 atom stereocenters. The van der Waals surface area contributed by atoms with Gasteiger partial charge in [0.15, 0.2) is 0 Å². The van der Waals surface area contributed by atoms with Crippen molar-refractivity contribution in [1.29, 1.82) is 0 Å². The summed E-state index contributed by atoms with van der Waals surface area (Å²) in [7, 11) is 0. The largest absolute Gasteiger partial charge is 0.398 e. The minimum absolute atomic E-state index is 0.849. The third-order valence-corrected chi connectivity index (χ3v) is 6.49. The molecule has 138 valence electrons. The Morgan fingerprint density at radius 1 is 0.607 bits per heavy atom. The maximum absolute atomic E-state index is 6.79. The molecule has 0 aliphatic carbocycles. The van der Waals surface area contributed by atoms with E-state index in [0.717, 1.165) is 33.5 Å². The van der Waals surface area contributed by atoms with E-state index in [-0.39, 0.29) is 0 Å². The van der Waals surface area contributed by atoms with Crippen LogP contribution in [0.3, 0.4) is 0 Å². The van der Waals surface area contributed by atoms with Crippen LogP contribution in [0.4, 0.5) is 11.4 Å². The Kier molecular flexibility index (Phi) is 3.39. The minimum Gasteiger partial charge on any atom is -0.398 e. The van der Waals surface area contributed by atoms with E-state index in [0.29, 0.717) is 0 Å². The molecule has 5 rings (SSSR count). The smallest absolute Gasteiger partial charge is 0.0476 e. The Morgan fingerprint density at radius 3 is 2.00 bits per heavy atom. The number of nitrogens with two attached hydrogens (primary N) is 2. The summed E-state index contributed by atoms with van der Waals surface area (Å²) in [5.74, 6) is 0. The molecule has 0 saturated heterocycles. The summed E-state index contributed by atoms with van der Waals surface area (Å²) in [6, 6.07) is 17.0. The van der Waals surface area contributed by atoms with Crippen LogP contribution >= 0.6 is 0 Å². The van der Waals surface area contributed by atoms with Crippen molar-refractivity contribution in [2.75, 3.05) is 11.5 Å². The lowest BCUT2D eigenvalue weighted by atomic mass is 9.82. The van der Waals surface area contributed by atoms with Crippen LogP contribution in [0.5, 0.6) is 0 Å². The number of nitrogen functional groups attached to an aromatic ring is 2. The van der Waals surface area contributed by atoms with Crippen LogP contribution < -0.4 is 11.5 Å². The topological polar surface area (TPSA) is 52.0 Å². The Labute approximate surface area is 165 Å². The third kappa shape index (κ3) is 1.98. The van der Waals surface area contributed by atoms with Crippen molar-refractivity contribution in [2.45, 2.75) is 27.7 Å². The van der Waals surface area contributed by atoms with Gasteiger partial charge in [-0.2, -0.15) is 0 Å². The van der Waals surface area contributed by atoms with Gasteiger partial charge in [0, 0.05) is 33.1 Å². The van der Waals surface area contributed by atoms with E-state index >= 15 is 0 Å². The molecule has 0 unspecified atom stereocenters. The molecule has 28 heavy (non-hydrogen) atoms. The average molecular weight is 364 g/mol. The summed E-state index contributed by atoms with van der Waals surface area (Å²) in [5.41, 5.74) is 22.3. The van der Waals surface area contributed by atoms with Gasteiger partial charge in [0.1, 0.15) is 0 Å². The Morgan fingerprint density at radius 2 is 1.29 bits per heavy atom. The van der Waals surface area contributed by atoms with Crippen LogP contribution in [0.15, 0.2) is 48.5 Å². The van der Waals surface area contributed by atoms with Crippen molar-refractivity contribution in [3.63, 3.8) is 0 Å². The van der Waals surface area contributed by atoms with E-state index in [2.05, 4.69) is 70.2 Å². The summed E-state index contributed by atoms with van der Waals surface area (Å²) in [4.78, 5) is 0. The lowest BCUT2D eigenvalue weighted by Crippen LogP contribution is -2.02. The summed E-state index contributed by atoms with van der Waals surface area (Å²) < 4.78 is 0. The first kappa shape index (κ1) is 16.9. The molecule has 0 aromatic heterocycles. The van der Waals surface area contributed by atoms with Gasteiger partial charge in [0.2, 0.25) is 0 Å². The van der Waals surface area contributed by atoms with Crippen LogP contribution in [0.2, 0.25) is 0 Å². The van der Waals surface area contributed by atoms with Gasteiger partial charge in [0.25, 0.3) is 0 Å². The second-order valence-electron chi connectivity index (χ2n) is 7.97. The van der Waals surface area contributed by atoms with Crippen molar-refractivity contribution in [3.8, 4) is 11.1 Å². The van der Waals surface area contributed by atoms with E-state index in [4.69, 9.17) is 11.5 Å². The SMILES string of the molecule is Cc1cc2ccc3c(N)c(-c4ccccc4)c(C)c4c(C)c(C)c(c1N)c2c34. The molecule has 0 spiro atoms. The highest BCUT2D eigenvalue weighted by Crippen LogP contribution is 2.48. The number of hydrogen-bond donors (Lipinski definition) is 2. The molecule has 5 aromatic rings. The van der Waals surface area contributed by atoms with Gasteiger partial charge in [-0.25, -0.2) is 0 Å². The lowest BCUT2D eigenvalue weighted by Gasteiger charge is -2.23. The molecule has 4 N–H and O–H groups in total. The first-order valence-electron chi connectivity index (χ1n) is 9.73. The monoisotopic (exact) mass is 364 g/mol. The first-order chi connectivity index (χ1) is 13.4. The standard InChI is InChI=1S/C26H24N2/c1-13-12-18-10-11-19-24-20(14(2)15(3)22(23(18)24)25(13)27)16(4)21(26(19)28)17-8-6-5-7-9-17/h5-12H,27-28H2,1-4H3. The highest BCUT2D eigenvalue weighted by atomic mass is 14.6. The quantitative estimate of drug-likeness (QED) is 0.258. The summed E-state index contributed by atoms with van der Waals surface area (Å²) in [6.07, 6.45) is 0. The van der Waals surface area contributed by atoms with Gasteiger partial charge in [-0.05, 0) is 77.7 Å². The Hall–Kier alpha value is -3.26. The zero-order valence-electron chi connectivity index (χ0n) is 16.8. The number of rotatable bonds is 1. The lowest BCUT2D eigenvalue weighted by molar-refractivity contribution is 1.39. The van der Waals surface area contributed by atoms with Gasteiger partial charge in [0.05, 0.1) is 0 Å². The van der Waals surface area contributed by atoms with E-state index in [1.165, 1.54) is 43.6 Å². The Bertz CT molecular complexity index is 1400. The molecule has 5 aromatic carbocycles. The fraction of sp³-hybridized carbons (Fsp3) is 0.154. The fourth-order valence-electron chi connectivity index (χ4n) is 4.99. The van der Waals surface area contributed by atoms with Crippen molar-refractivity contribution in [2.24, 2.45) is 0 Å². The molecule has 0 aliphatic heterocycles. The number of hydrogen-bond acceptors (Lipinski definition) is 2. The number of anilines is 2. The van der Waals surface area contributed by atoms with Crippen molar-refractivity contribution in [3.05, 3.63) is 70.8 Å². The molecule has 0 heterocycles. The average Bonchev–Trinajstić information content (AvgIpc) is 2.68. The number of benzene rings is 5. The molecule has 0 saturated carbocycles. The van der Waals surface area contributed by atoms with E-state index in [1.807, 2.05) is 6.07 Å². The molecule has 0 amide bonds. The predicted molar refractivity (Wildman–Crippen MR) is 123 cm³/mol. The minimum atomic E-state index is 0.849. The predicted octanol–water partition coefficient (Wildman–Crippen LogP) is 6.65. The molecular weight excluding hydrogens is 340 g/mol. The van der Waals surface area contributed by atoms with E-state index < -0.39 is 0 Å². The zero-order chi connectivity index (χ0) is 19.7. The van der Waals surface area contributed by atoms with Crippen molar-refractivity contribution >= 4 is 43.7 Å². The Balaban J connectivity index is 2.13. The van der Waals surface area contributed by atoms with E-state index in [9.17, 15) is 0 Å². The van der Waals surface area contributed by atoms with Crippen molar-refractivity contribution in [1.82, 2.24) is 0 Å². The zero-order valence-corrected chi connectivity index (χ0v) is 16.8. The van der Waals surface area contributed by atoms with Gasteiger partial charge in [-0.1, -0.05) is 42.5 Å². The summed E-state index contributed by atoms with van der Waals surface area (Å²) >= 11 is 0. The summed E-state index contributed by atoms with van der Waals surface area (Å²) in [5, 5.41) is 7.32. The second kappa shape index (κ2) is 5.62. The highest BCUT2D eigenvalue weighted by molar-refractivity contribution is 6.31. The van der Waals surface area contributed by atoms with Crippen LogP contribution in [-0.2, 0) is 0 Å². The highest BCUT2D eigenvalue weighted by Gasteiger charge is 2.22.